The Morgan fingerprint density at radius 1 is 0.933 bits per heavy atom. The van der Waals surface area contributed by atoms with Crippen molar-refractivity contribution < 1.29 is 0 Å². The molecule has 4 N–H and O–H groups in total. The molecule has 0 amide bonds. The first-order valence-electron chi connectivity index (χ1n) is 4.61. The Hall–Kier alpha value is -2.10. The molecule has 0 unspecified atom stereocenters. The molecule has 1 heterocycles. The summed E-state index contributed by atoms with van der Waals surface area (Å²) in [6.45, 7) is 2.03. The minimum atomic E-state index is 0.409. The molecular weight excluding hydrogens is 188 g/mol. The first kappa shape index (κ1) is 9.45. The van der Waals surface area contributed by atoms with Gasteiger partial charge in [-0.25, -0.2) is 9.97 Å². The smallest absolute Gasteiger partial charge is 0.136 e. The molecule has 0 atom stereocenters. The summed E-state index contributed by atoms with van der Waals surface area (Å²) in [5, 5.41) is 0. The summed E-state index contributed by atoms with van der Waals surface area (Å²) in [5.74, 6) is 0.817. The highest BCUT2D eigenvalue weighted by molar-refractivity contribution is 5.82. The lowest BCUT2D eigenvalue weighted by Gasteiger charge is -2.07. The lowest BCUT2D eigenvalue weighted by Crippen LogP contribution is -2.01. The third-order valence-corrected chi connectivity index (χ3v) is 2.25. The number of benzene rings is 1. The van der Waals surface area contributed by atoms with Gasteiger partial charge in [-0.2, -0.15) is 0 Å². The van der Waals surface area contributed by atoms with E-state index in [1.807, 2.05) is 31.2 Å². The summed E-state index contributed by atoms with van der Waals surface area (Å²) in [6, 6.07) is 7.92. The Balaban J connectivity index is 2.58. The van der Waals surface area contributed by atoms with E-state index in [2.05, 4.69) is 9.97 Å². The normalized spacial score (nSPS) is 10.2. The lowest BCUT2D eigenvalue weighted by atomic mass is 10.1. The van der Waals surface area contributed by atoms with Gasteiger partial charge in [0.25, 0.3) is 0 Å². The zero-order valence-corrected chi connectivity index (χ0v) is 8.44. The predicted molar refractivity (Wildman–Crippen MR) is 61.0 cm³/mol. The SMILES string of the molecule is Cc1ccc(-c2c(N)ncnc2N)cc1. The fourth-order valence-electron chi connectivity index (χ4n) is 1.43. The number of rotatable bonds is 1. The van der Waals surface area contributed by atoms with Gasteiger partial charge in [-0.1, -0.05) is 29.8 Å². The van der Waals surface area contributed by atoms with Crippen LogP contribution in [0, 0.1) is 6.92 Å². The van der Waals surface area contributed by atoms with Crippen LogP contribution in [0.1, 0.15) is 5.56 Å². The molecular formula is C11H12N4. The number of nitrogen functional groups attached to an aromatic ring is 2. The van der Waals surface area contributed by atoms with Gasteiger partial charge in [-0.05, 0) is 12.5 Å². The molecule has 0 aliphatic heterocycles. The lowest BCUT2D eigenvalue weighted by molar-refractivity contribution is 1.19. The van der Waals surface area contributed by atoms with E-state index in [1.54, 1.807) is 0 Å². The van der Waals surface area contributed by atoms with E-state index in [9.17, 15) is 0 Å². The maximum absolute atomic E-state index is 5.76. The van der Waals surface area contributed by atoms with E-state index in [1.165, 1.54) is 11.9 Å². The fourth-order valence-corrected chi connectivity index (χ4v) is 1.43. The van der Waals surface area contributed by atoms with Crippen molar-refractivity contribution in [2.45, 2.75) is 6.92 Å². The van der Waals surface area contributed by atoms with Crippen LogP contribution in [0.25, 0.3) is 11.1 Å². The molecule has 0 spiro atoms. The quantitative estimate of drug-likeness (QED) is 0.733. The van der Waals surface area contributed by atoms with Gasteiger partial charge in [0.1, 0.15) is 18.0 Å². The first-order chi connectivity index (χ1) is 7.18. The average Bonchev–Trinajstić information content (AvgIpc) is 2.20. The van der Waals surface area contributed by atoms with E-state index >= 15 is 0 Å². The summed E-state index contributed by atoms with van der Waals surface area (Å²) in [5.41, 5.74) is 14.4. The summed E-state index contributed by atoms with van der Waals surface area (Å²) in [7, 11) is 0. The van der Waals surface area contributed by atoms with Gasteiger partial charge in [0.15, 0.2) is 0 Å². The second kappa shape index (κ2) is 3.57. The van der Waals surface area contributed by atoms with Crippen molar-refractivity contribution in [2.24, 2.45) is 0 Å². The van der Waals surface area contributed by atoms with Crippen molar-refractivity contribution in [3.8, 4) is 11.1 Å². The topological polar surface area (TPSA) is 77.8 Å². The van der Waals surface area contributed by atoms with Gasteiger partial charge in [0, 0.05) is 0 Å². The number of aromatic nitrogens is 2. The summed E-state index contributed by atoms with van der Waals surface area (Å²) in [6.07, 6.45) is 1.36. The highest BCUT2D eigenvalue weighted by Crippen LogP contribution is 2.28. The number of hydrogen-bond acceptors (Lipinski definition) is 4. The largest absolute Gasteiger partial charge is 0.383 e. The molecule has 0 saturated carbocycles. The zero-order chi connectivity index (χ0) is 10.8. The standard InChI is InChI=1S/C11H12N4/c1-7-2-4-8(5-3-7)9-10(12)14-6-15-11(9)13/h2-6H,1H3,(H4,12,13,14,15). The molecule has 76 valence electrons. The van der Waals surface area contributed by atoms with Crippen LogP contribution in [0.4, 0.5) is 11.6 Å². The van der Waals surface area contributed by atoms with E-state index in [0.29, 0.717) is 17.2 Å². The van der Waals surface area contributed by atoms with Crippen molar-refractivity contribution in [3.05, 3.63) is 36.2 Å². The Labute approximate surface area is 88.0 Å². The van der Waals surface area contributed by atoms with Gasteiger partial charge in [0.05, 0.1) is 5.56 Å². The molecule has 4 heteroatoms. The highest BCUT2D eigenvalue weighted by atomic mass is 15.0. The highest BCUT2D eigenvalue weighted by Gasteiger charge is 2.08. The van der Waals surface area contributed by atoms with Crippen LogP contribution in [0.3, 0.4) is 0 Å². The monoisotopic (exact) mass is 200 g/mol. The third-order valence-electron chi connectivity index (χ3n) is 2.25. The van der Waals surface area contributed by atoms with E-state index in [4.69, 9.17) is 11.5 Å². The average molecular weight is 200 g/mol. The van der Waals surface area contributed by atoms with Crippen molar-refractivity contribution in [2.75, 3.05) is 11.5 Å². The Kier molecular flexibility index (Phi) is 2.25. The Morgan fingerprint density at radius 3 is 2.00 bits per heavy atom. The van der Waals surface area contributed by atoms with Crippen LogP contribution in [0.5, 0.6) is 0 Å². The minimum absolute atomic E-state index is 0.409. The molecule has 4 nitrogen and oxygen atoms in total. The molecule has 0 saturated heterocycles. The molecule has 0 aliphatic carbocycles. The number of nitrogens with zero attached hydrogens (tertiary/aromatic N) is 2. The van der Waals surface area contributed by atoms with Crippen LogP contribution in [0.2, 0.25) is 0 Å². The second-order valence-electron chi connectivity index (χ2n) is 3.39. The van der Waals surface area contributed by atoms with Crippen molar-refractivity contribution in [1.82, 2.24) is 9.97 Å². The van der Waals surface area contributed by atoms with E-state index in [0.717, 1.165) is 5.56 Å². The van der Waals surface area contributed by atoms with Gasteiger partial charge in [-0.15, -0.1) is 0 Å². The molecule has 0 aliphatic rings. The predicted octanol–water partition coefficient (Wildman–Crippen LogP) is 1.62. The van der Waals surface area contributed by atoms with Gasteiger partial charge in [-0.3, -0.25) is 0 Å². The molecule has 0 radical (unpaired) electrons. The Bertz CT molecular complexity index is 456. The molecule has 1 aromatic heterocycles. The van der Waals surface area contributed by atoms with E-state index < -0.39 is 0 Å². The van der Waals surface area contributed by atoms with Crippen molar-refractivity contribution in [1.29, 1.82) is 0 Å². The zero-order valence-electron chi connectivity index (χ0n) is 8.44. The second-order valence-corrected chi connectivity index (χ2v) is 3.39. The third kappa shape index (κ3) is 1.74. The maximum Gasteiger partial charge on any atom is 0.136 e. The van der Waals surface area contributed by atoms with Gasteiger partial charge >= 0.3 is 0 Å². The van der Waals surface area contributed by atoms with Crippen molar-refractivity contribution in [3.63, 3.8) is 0 Å². The molecule has 1 aromatic carbocycles. The molecule has 0 fully saturated rings. The van der Waals surface area contributed by atoms with Crippen LogP contribution >= 0.6 is 0 Å². The van der Waals surface area contributed by atoms with Crippen LogP contribution in [-0.2, 0) is 0 Å². The summed E-state index contributed by atoms with van der Waals surface area (Å²) >= 11 is 0. The number of anilines is 2. The fraction of sp³-hybridized carbons (Fsp3) is 0.0909. The summed E-state index contributed by atoms with van der Waals surface area (Å²) < 4.78 is 0. The molecule has 2 rings (SSSR count). The van der Waals surface area contributed by atoms with Crippen LogP contribution in [0.15, 0.2) is 30.6 Å². The molecule has 15 heavy (non-hydrogen) atoms. The van der Waals surface area contributed by atoms with E-state index in [-0.39, 0.29) is 0 Å². The van der Waals surface area contributed by atoms with Gasteiger partial charge in [0.2, 0.25) is 0 Å². The molecule has 2 aromatic rings. The summed E-state index contributed by atoms with van der Waals surface area (Å²) in [4.78, 5) is 7.85. The molecule has 0 bridgehead atoms. The number of nitrogens with two attached hydrogens (primary N) is 2. The minimum Gasteiger partial charge on any atom is -0.383 e. The van der Waals surface area contributed by atoms with Crippen LogP contribution in [-0.4, -0.2) is 9.97 Å². The maximum atomic E-state index is 5.76. The van der Waals surface area contributed by atoms with Crippen molar-refractivity contribution >= 4 is 11.6 Å². The van der Waals surface area contributed by atoms with Gasteiger partial charge < -0.3 is 11.5 Å². The number of aryl methyl sites for hydroxylation is 1. The first-order valence-corrected chi connectivity index (χ1v) is 4.61. The van der Waals surface area contributed by atoms with Crippen LogP contribution < -0.4 is 11.5 Å². The Morgan fingerprint density at radius 2 is 1.47 bits per heavy atom. The number of hydrogen-bond donors (Lipinski definition) is 2.